The van der Waals surface area contributed by atoms with Crippen LogP contribution in [-0.2, 0) is 9.47 Å². The second kappa shape index (κ2) is 15.5. The molecule has 2 aliphatic heterocycles. The molecule has 2 aliphatic rings. The van der Waals surface area contributed by atoms with Crippen molar-refractivity contribution >= 4 is 56.5 Å². The molecule has 10 nitrogen and oxygen atoms in total. The summed E-state index contributed by atoms with van der Waals surface area (Å²) in [5.74, 6) is 0.676. The number of nitrogens with one attached hydrogen (secondary N) is 2. The highest BCUT2D eigenvalue weighted by atomic mass is 79.9. The fraction of sp³-hybridized carbons (Fsp3) is 0.714. The van der Waals surface area contributed by atoms with Crippen LogP contribution in [0.3, 0.4) is 0 Å². The van der Waals surface area contributed by atoms with E-state index in [4.69, 9.17) is 33.9 Å². The van der Waals surface area contributed by atoms with Crippen LogP contribution in [0.25, 0.3) is 0 Å². The average molecular weight is 736 g/mol. The van der Waals surface area contributed by atoms with Crippen molar-refractivity contribution in [2.75, 3.05) is 13.2 Å². The molecule has 0 unspecified atom stereocenters. The number of aliphatic hydroxyl groups excluding tert-OH is 2. The summed E-state index contributed by atoms with van der Waals surface area (Å²) in [6, 6.07) is 3.88. The summed E-state index contributed by atoms with van der Waals surface area (Å²) in [5.41, 5.74) is -0.448. The number of hydrogen-bond acceptors (Lipinski definition) is 8. The number of rotatable bonds is 10. The summed E-state index contributed by atoms with van der Waals surface area (Å²) in [6.07, 6.45) is 6.39. The molecular weight excluding hydrogens is 689 g/mol. The Balaban J connectivity index is 0.000000236. The van der Waals surface area contributed by atoms with Gasteiger partial charge < -0.3 is 19.7 Å². The number of H-pyrrole nitrogens is 2. The normalized spacial score (nSPS) is 25.9. The predicted octanol–water partition coefficient (Wildman–Crippen LogP) is 5.82. The zero-order chi connectivity index (χ0) is 32.1. The van der Waals surface area contributed by atoms with E-state index >= 15 is 0 Å². The molecule has 0 spiro atoms. The lowest BCUT2D eigenvalue weighted by atomic mass is 9.98. The van der Waals surface area contributed by atoms with E-state index in [-0.39, 0.29) is 49.0 Å². The highest BCUT2D eigenvalue weighted by Crippen LogP contribution is 2.38. The first-order valence-electron chi connectivity index (χ1n) is 14.9. The average Bonchev–Trinajstić information content (AvgIpc) is 3.51. The number of halogens is 1. The van der Waals surface area contributed by atoms with E-state index in [9.17, 15) is 19.8 Å². The van der Waals surface area contributed by atoms with Crippen molar-refractivity contribution in [3.05, 3.63) is 53.2 Å². The third-order valence-corrected chi connectivity index (χ3v) is 12.8. The molecule has 0 bridgehead atoms. The summed E-state index contributed by atoms with van der Waals surface area (Å²) in [5, 5.41) is 19.1. The fourth-order valence-corrected chi connectivity index (χ4v) is 8.81. The minimum Gasteiger partial charge on any atom is -0.394 e. The highest BCUT2D eigenvalue weighted by Gasteiger charge is 2.37. The van der Waals surface area contributed by atoms with E-state index in [1.165, 1.54) is 18.2 Å². The molecule has 2 aromatic rings. The molecule has 0 aliphatic carbocycles. The van der Waals surface area contributed by atoms with Gasteiger partial charge in [0.15, 0.2) is 9.54 Å². The van der Waals surface area contributed by atoms with Gasteiger partial charge in [-0.1, -0.05) is 64.2 Å². The molecule has 4 heterocycles. The first kappa shape index (κ1) is 36.4. The number of hydrogen-bond donors (Lipinski definition) is 4. The zero-order valence-corrected chi connectivity index (χ0v) is 31.2. The van der Waals surface area contributed by atoms with Gasteiger partial charge in [-0.05, 0) is 65.0 Å². The van der Waals surface area contributed by atoms with Gasteiger partial charge in [-0.3, -0.25) is 28.7 Å². The second-order valence-electron chi connectivity index (χ2n) is 14.0. The predicted molar refractivity (Wildman–Crippen MR) is 183 cm³/mol. The monoisotopic (exact) mass is 734 g/mol. The standard InChI is InChI=1S/C14H23BrN2O3SSi.C14H24N2O3SSi/c1-22(2,3)5-4-9-6-12(20-11(9)8-18)17-7-10(15)13(19)16-14(17)21;1-21(2,3)7-5-10-8-13(19-11(10)9-17)16-6-4-12(18)15-14(16)20/h7,9,11-12,18H,4-6,8H2,1-3H3,(H,16,19,21);4,6,10-11,13,17H,5,7-9H2,1-3H3,(H,15,18,20)/t9-,11+,12+;10-,11+,13+/m00/s1. The number of nitrogens with zero attached hydrogens (tertiary/aromatic N) is 2. The van der Waals surface area contributed by atoms with Crippen LogP contribution in [0.5, 0.6) is 0 Å². The lowest BCUT2D eigenvalue weighted by Crippen LogP contribution is -2.25. The molecule has 0 aromatic carbocycles. The minimum atomic E-state index is -1.12. The minimum absolute atomic E-state index is 0.0186. The van der Waals surface area contributed by atoms with Crippen LogP contribution in [-0.4, -0.2) is 70.9 Å². The first-order chi connectivity index (χ1) is 20.0. The molecule has 0 saturated carbocycles. The third-order valence-electron chi connectivity index (χ3n) is 8.01. The topological polar surface area (TPSA) is 134 Å². The van der Waals surface area contributed by atoms with Crippen LogP contribution < -0.4 is 11.1 Å². The summed E-state index contributed by atoms with van der Waals surface area (Å²) < 4.78 is 16.6. The lowest BCUT2D eigenvalue weighted by Gasteiger charge is -2.20. The van der Waals surface area contributed by atoms with Crippen LogP contribution in [0.1, 0.15) is 38.1 Å². The van der Waals surface area contributed by atoms with E-state index in [0.29, 0.717) is 25.9 Å². The smallest absolute Gasteiger partial charge is 0.265 e. The summed E-state index contributed by atoms with van der Waals surface area (Å²) in [4.78, 5) is 28.0. The van der Waals surface area contributed by atoms with Gasteiger partial charge in [-0.15, -0.1) is 0 Å². The summed E-state index contributed by atoms with van der Waals surface area (Å²) >= 11 is 13.6. The van der Waals surface area contributed by atoms with Crippen molar-refractivity contribution in [3.8, 4) is 0 Å². The van der Waals surface area contributed by atoms with Crippen LogP contribution in [0, 0.1) is 21.4 Å². The van der Waals surface area contributed by atoms with Gasteiger partial charge in [0.25, 0.3) is 11.1 Å². The Morgan fingerprint density at radius 2 is 1.33 bits per heavy atom. The van der Waals surface area contributed by atoms with Gasteiger partial charge in [0, 0.05) is 34.6 Å². The van der Waals surface area contributed by atoms with Gasteiger partial charge in [0.05, 0.1) is 29.9 Å². The molecule has 6 atom stereocenters. The molecule has 2 aromatic heterocycles. The number of ether oxygens (including phenoxy) is 2. The zero-order valence-electron chi connectivity index (χ0n) is 26.0. The maximum absolute atomic E-state index is 11.5. The molecular formula is C28H47BrN4O6S2Si2. The maximum Gasteiger partial charge on any atom is 0.265 e. The molecule has 15 heteroatoms. The van der Waals surface area contributed by atoms with Gasteiger partial charge in [0.1, 0.15) is 12.5 Å². The molecule has 4 rings (SSSR count). The Morgan fingerprint density at radius 3 is 1.77 bits per heavy atom. The molecule has 43 heavy (non-hydrogen) atoms. The van der Waals surface area contributed by atoms with E-state index in [1.807, 2.05) is 0 Å². The number of aliphatic hydroxyl groups is 2. The Bertz CT molecular complexity index is 1450. The molecule has 242 valence electrons. The van der Waals surface area contributed by atoms with Gasteiger partial charge in [0.2, 0.25) is 0 Å². The van der Waals surface area contributed by atoms with E-state index in [1.54, 1.807) is 21.5 Å². The van der Waals surface area contributed by atoms with Crippen molar-refractivity contribution < 1.29 is 19.7 Å². The van der Waals surface area contributed by atoms with Gasteiger partial charge in [-0.25, -0.2) is 0 Å². The molecule has 0 radical (unpaired) electrons. The van der Waals surface area contributed by atoms with E-state index in [2.05, 4.69) is 65.2 Å². The van der Waals surface area contributed by atoms with Crippen molar-refractivity contribution in [2.45, 2.75) is 102 Å². The molecule has 4 N–H and O–H groups in total. The van der Waals surface area contributed by atoms with Gasteiger partial charge >= 0.3 is 0 Å². The molecule has 2 saturated heterocycles. The van der Waals surface area contributed by atoms with Crippen molar-refractivity contribution in [1.82, 2.24) is 19.1 Å². The lowest BCUT2D eigenvalue weighted by molar-refractivity contribution is -0.0321. The van der Waals surface area contributed by atoms with Crippen LogP contribution in [0.4, 0.5) is 0 Å². The van der Waals surface area contributed by atoms with Crippen molar-refractivity contribution in [3.63, 3.8) is 0 Å². The van der Waals surface area contributed by atoms with E-state index in [0.717, 1.165) is 25.7 Å². The van der Waals surface area contributed by atoms with Crippen LogP contribution >= 0.6 is 40.4 Å². The maximum atomic E-state index is 11.5. The Kier molecular flexibility index (Phi) is 13.1. The highest BCUT2D eigenvalue weighted by molar-refractivity contribution is 9.10. The van der Waals surface area contributed by atoms with E-state index < -0.39 is 16.1 Å². The fourth-order valence-electron chi connectivity index (χ4n) is 5.47. The first-order valence-corrected chi connectivity index (χ1v) is 23.9. The number of aromatic nitrogens is 4. The Hall–Kier alpha value is -1.05. The van der Waals surface area contributed by atoms with Crippen LogP contribution in [0.15, 0.2) is 32.5 Å². The Labute approximate surface area is 274 Å². The quantitative estimate of drug-likeness (QED) is 0.177. The largest absolute Gasteiger partial charge is 0.394 e. The molecule has 0 amide bonds. The van der Waals surface area contributed by atoms with Gasteiger partial charge in [-0.2, -0.15) is 0 Å². The van der Waals surface area contributed by atoms with Crippen molar-refractivity contribution in [1.29, 1.82) is 0 Å². The summed E-state index contributed by atoms with van der Waals surface area (Å²) in [7, 11) is -2.21. The second-order valence-corrected chi connectivity index (χ2v) is 26.8. The SMILES string of the molecule is C[Si](C)(C)CC[C@H]1C[C@H](n2cc(Br)c(=O)[nH]c2=S)O[C@@H]1CO.C[Si](C)(C)CC[C@H]1C[C@H](n2ccc(=O)[nH]c2=S)O[C@@H]1CO. The molecule has 2 fully saturated rings. The van der Waals surface area contributed by atoms with Crippen molar-refractivity contribution in [2.24, 2.45) is 11.8 Å². The van der Waals surface area contributed by atoms with Crippen LogP contribution in [0.2, 0.25) is 51.4 Å². The third kappa shape index (κ3) is 10.8. The Morgan fingerprint density at radius 1 is 0.860 bits per heavy atom. The summed E-state index contributed by atoms with van der Waals surface area (Å²) in [6.45, 7) is 14.2. The number of aromatic amines is 2.